The molecule has 8 aromatic carbocycles. The number of amidine groups is 3. The molecule has 746 valence electrons. The number of ketones is 4. The number of nitrogens with one attached hydrogen (secondary N) is 8. The largest absolute Gasteiger partial charge is 0.573 e. The smallest absolute Gasteiger partial charge is 0.496 e. The molecule has 0 spiro atoms. The van der Waals surface area contributed by atoms with E-state index in [0.717, 1.165) is 92.3 Å². The van der Waals surface area contributed by atoms with Gasteiger partial charge in [-0.1, -0.05) is 129 Å². The van der Waals surface area contributed by atoms with Gasteiger partial charge in [0.2, 0.25) is 0 Å². The standard InChI is InChI=1S/C25H18Cl2F4N4O3.C24H19Cl3N4O3.C24H16Cl2F4N4O3.C23H15Cl2F4N3O3/c26-14-3-5-22(33-12-14)34-24(37)18-9-15(27)10-21(38-25(29,30)31)17(18)11-20(36)16-4-2-13(8-19(16)28)23(32)35-6-1-7-35;1-34-21-10-15(26)9-18(24(33)30-22-5-3-14(25)12-29-22)17(21)11-20(32)16-4-2-13(8-19(16)27)23(28)31-6-7-31;25-13-2-4-21(32-11-13)33-23(36)17-8-14(26)9-20(37-24(28,29)30)16(17)10-19(35)15-3-1-12(7-18(15)27)22(31)34-5-6-34;1-11(30)12-2-4-15(18(26)6-12)19(33)9-16-17(7-14(25)8-20(16)35-23(27,28)29)22(34)32-21-5-3-13(24)10-31-21/h2-5,8-10,12,32H,1,6-7,11H2,(H,33,34,37);2-5,8-10,12,28H,6-7,11H2,1H3,(H,29,30,33);1-4,7-9,11,31H,5-6,10H2,(H,32,33,36);2-8,10,30H,9H2,1H3,(H,31,32,34). The number of likely N-dealkylation sites (tertiary alicyclic amines) is 1. The topological polar surface area (TPSA) is 378 Å². The molecule has 0 unspecified atom stereocenters. The summed E-state index contributed by atoms with van der Waals surface area (Å²) in [6.07, 6.45) is -12.1. The van der Waals surface area contributed by atoms with Gasteiger partial charge >= 0.3 is 19.1 Å². The third-order valence-corrected chi connectivity index (χ3v) is 22.9. The summed E-state index contributed by atoms with van der Waals surface area (Å²) in [5, 5.41) is 42.6. The van der Waals surface area contributed by atoms with Gasteiger partial charge in [-0.2, -0.15) is 0 Å². The molecule has 144 heavy (non-hydrogen) atoms. The Balaban J connectivity index is 0.000000171. The first-order chi connectivity index (χ1) is 67.9. The van der Waals surface area contributed by atoms with Crippen molar-refractivity contribution in [2.24, 2.45) is 0 Å². The number of benzene rings is 8. The number of methoxy groups -OCH3 is 1. The van der Waals surface area contributed by atoms with Crippen LogP contribution < -0.4 is 40.2 Å². The first-order valence-corrected chi connectivity index (χ1v) is 45.0. The zero-order valence-corrected chi connectivity index (χ0v) is 80.5. The molecular weight excluding hydrogens is 2100 g/mol. The maximum absolute atomic E-state index is 14.9. The van der Waals surface area contributed by atoms with Gasteiger partial charge in [-0.05, 0) is 165 Å². The lowest BCUT2D eigenvalue weighted by Crippen LogP contribution is -2.42. The highest BCUT2D eigenvalue weighted by molar-refractivity contribution is 6.36. The van der Waals surface area contributed by atoms with Gasteiger partial charge in [0.15, 0.2) is 23.1 Å². The first kappa shape index (κ1) is 109. The monoisotopic (exact) mass is 2170 g/mol. The molecule has 0 bridgehead atoms. The van der Waals surface area contributed by atoms with Crippen LogP contribution >= 0.6 is 104 Å². The van der Waals surface area contributed by atoms with Crippen LogP contribution in [0.15, 0.2) is 195 Å². The quantitative estimate of drug-likeness (QED) is 0.00742. The van der Waals surface area contributed by atoms with Crippen LogP contribution in [-0.4, -0.2) is 170 Å². The summed E-state index contributed by atoms with van der Waals surface area (Å²) in [6.45, 7) is 5.75. The molecule has 4 amide bonds. The van der Waals surface area contributed by atoms with E-state index in [0.29, 0.717) is 53.9 Å². The van der Waals surface area contributed by atoms with E-state index in [-0.39, 0.29) is 121 Å². The molecule has 3 aliphatic rings. The Morgan fingerprint density at radius 1 is 0.319 bits per heavy atom. The Kier molecular flexibility index (Phi) is 35.5. The predicted molar refractivity (Wildman–Crippen MR) is 516 cm³/mol. The number of amides is 4. The lowest BCUT2D eigenvalue weighted by molar-refractivity contribution is -0.275. The van der Waals surface area contributed by atoms with Crippen molar-refractivity contribution in [1.29, 1.82) is 21.6 Å². The van der Waals surface area contributed by atoms with E-state index in [1.165, 1.54) is 106 Å². The molecule has 7 heterocycles. The van der Waals surface area contributed by atoms with Crippen LogP contribution in [0.1, 0.15) is 141 Å². The number of halogens is 21. The normalized spacial score (nSPS) is 12.3. The Bertz CT molecular complexity index is 7070. The number of hydrogen-bond acceptors (Lipinski definition) is 20. The fraction of sp³-hybridized carbons (Fsp3) is 0.167. The minimum atomic E-state index is -5.17. The van der Waals surface area contributed by atoms with Gasteiger partial charge in [-0.15, -0.1) is 39.5 Å². The van der Waals surface area contributed by atoms with Crippen molar-refractivity contribution < 1.29 is 110 Å². The average molecular weight is 2170 g/mol. The molecule has 15 rings (SSSR count). The molecule has 3 fully saturated rings. The molecule has 48 heteroatoms. The number of aromatic nitrogens is 4. The third-order valence-electron chi connectivity index (χ3n) is 20.8. The van der Waals surface area contributed by atoms with Crippen LogP contribution in [0, 0.1) is 39.1 Å². The van der Waals surface area contributed by atoms with Gasteiger partial charge in [0.05, 0.1) is 48.9 Å². The number of hydrogen-bond donors (Lipinski definition) is 8. The second kappa shape index (κ2) is 47.0. The van der Waals surface area contributed by atoms with Gasteiger partial charge in [0.25, 0.3) is 23.6 Å². The molecule has 27 nitrogen and oxygen atoms in total. The van der Waals surface area contributed by atoms with Gasteiger partial charge < -0.3 is 60.3 Å². The van der Waals surface area contributed by atoms with Crippen LogP contribution in [0.3, 0.4) is 0 Å². The second-order valence-electron chi connectivity index (χ2n) is 31.0. The van der Waals surface area contributed by atoms with E-state index in [2.05, 4.69) is 55.4 Å². The average Bonchev–Trinajstić information content (AvgIpc) is 1.20. The zero-order valence-electron chi connectivity index (χ0n) is 73.7. The Morgan fingerprint density at radius 3 is 0.806 bits per heavy atom. The van der Waals surface area contributed by atoms with E-state index >= 15 is 0 Å². The number of alkyl halides is 9. The Morgan fingerprint density at radius 2 is 0.569 bits per heavy atom. The van der Waals surface area contributed by atoms with Gasteiger partial charge in [-0.25, -0.2) is 33.1 Å². The van der Waals surface area contributed by atoms with Gasteiger partial charge in [0, 0.05) is 182 Å². The number of rotatable bonds is 28. The fourth-order valence-corrected chi connectivity index (χ4v) is 15.2. The van der Waals surface area contributed by atoms with Crippen molar-refractivity contribution in [3.8, 4) is 23.0 Å². The minimum Gasteiger partial charge on any atom is -0.496 e. The maximum Gasteiger partial charge on any atom is 0.573 e. The molecule has 0 aliphatic carbocycles. The zero-order chi connectivity index (χ0) is 105. The fourth-order valence-electron chi connectivity index (χ4n) is 13.6. The van der Waals surface area contributed by atoms with Crippen molar-refractivity contribution in [1.82, 2.24) is 34.6 Å². The van der Waals surface area contributed by atoms with E-state index < -0.39 is 164 Å². The number of pyridine rings is 4. The Hall–Kier alpha value is -14.0. The van der Waals surface area contributed by atoms with Crippen molar-refractivity contribution in [3.05, 3.63) is 346 Å². The molecule has 0 atom stereocenters. The molecular formula is C96H68Cl9F12N15O12. The van der Waals surface area contributed by atoms with Crippen LogP contribution in [0.5, 0.6) is 23.0 Å². The highest BCUT2D eigenvalue weighted by atomic mass is 35.5. The van der Waals surface area contributed by atoms with Crippen LogP contribution in [0.4, 0.5) is 76.0 Å². The highest BCUT2D eigenvalue weighted by Crippen LogP contribution is 2.40. The second-order valence-corrected chi connectivity index (χ2v) is 34.9. The number of ether oxygens (including phenoxy) is 4. The maximum atomic E-state index is 14.9. The van der Waals surface area contributed by atoms with Crippen molar-refractivity contribution in [3.63, 3.8) is 0 Å². The number of carbonyl (C=O) groups is 8. The summed E-state index contributed by atoms with van der Waals surface area (Å²) in [7, 11) is 1.43. The summed E-state index contributed by atoms with van der Waals surface area (Å²) in [6, 6.07) is 35.5. The molecule has 4 aromatic heterocycles. The highest BCUT2D eigenvalue weighted by Gasteiger charge is 2.39. The first-order valence-electron chi connectivity index (χ1n) is 41.6. The van der Waals surface area contributed by atoms with Crippen molar-refractivity contribution >= 4 is 198 Å². The van der Waals surface area contributed by atoms with E-state index in [9.17, 15) is 91.0 Å². The number of Topliss-reactive ketones (excluding diaryl/α,β-unsaturated/α-hetero) is 4. The minimum absolute atomic E-state index is 0.0265. The van der Waals surface area contributed by atoms with Gasteiger partial charge in [0.1, 0.15) is 81.2 Å². The molecule has 3 saturated heterocycles. The molecule has 8 N–H and O–H groups in total. The van der Waals surface area contributed by atoms with E-state index in [1.54, 1.807) is 40.1 Å². The lowest BCUT2D eigenvalue weighted by atomic mass is 9.96. The Labute approximate surface area is 853 Å². The number of anilines is 4. The van der Waals surface area contributed by atoms with Gasteiger partial charge in [-0.3, -0.25) is 54.6 Å². The lowest BCUT2D eigenvalue weighted by Gasteiger charge is -2.33. The van der Waals surface area contributed by atoms with Crippen LogP contribution in [0.25, 0.3) is 0 Å². The molecule has 0 saturated carbocycles. The summed E-state index contributed by atoms with van der Waals surface area (Å²) in [5.41, 5.74) is -1.66. The summed E-state index contributed by atoms with van der Waals surface area (Å²) in [5.74, 6) is -10.7. The van der Waals surface area contributed by atoms with Crippen molar-refractivity contribution in [2.45, 2.75) is 58.1 Å². The summed E-state index contributed by atoms with van der Waals surface area (Å²) >= 11 is 53.6. The third kappa shape index (κ3) is 29.8. The predicted octanol–water partition coefficient (Wildman–Crippen LogP) is 23.7. The summed E-state index contributed by atoms with van der Waals surface area (Å²) < 4.78 is 180. The van der Waals surface area contributed by atoms with E-state index in [1.807, 2.05) is 4.90 Å². The molecule has 12 aromatic rings. The number of nitrogens with zero attached hydrogens (tertiary/aromatic N) is 7. The van der Waals surface area contributed by atoms with Crippen LogP contribution in [0.2, 0.25) is 45.2 Å². The number of carbonyl (C=O) groups excluding carboxylic acids is 8. The SMILES string of the molecule is CC(=N)c1ccc(C(=O)Cc2c(OC(F)(F)F)cc(Cl)cc2C(=O)Nc2ccc(Cl)cn2)c(F)c1.COc1cc(Cl)cc(C(=O)Nc2ccc(Cl)cn2)c1CC(=O)c1ccc(C(=N)N2CC2)cc1Cl.N=C(c1ccc(C(=O)Cc2c(OC(F)(F)F)cc(Cl)cc2C(=O)Nc2ccc(Cl)cn2)c(F)c1)N1CC1.N=C(c1ccc(C(=O)Cc2c(OC(F)(F)F)cc(Cl)cc2C(=O)Nc2ccc(Cl)cn2)c(F)c1)N1CCC1. The van der Waals surface area contributed by atoms with E-state index in [4.69, 9.17) is 131 Å². The molecule has 3 aliphatic heterocycles. The van der Waals surface area contributed by atoms with Crippen molar-refractivity contribution in [2.75, 3.05) is 67.6 Å². The van der Waals surface area contributed by atoms with Crippen LogP contribution in [-0.2, 0) is 25.7 Å². The summed E-state index contributed by atoms with van der Waals surface area (Å²) in [4.78, 5) is 125. The molecule has 0 radical (unpaired) electrons.